The highest BCUT2D eigenvalue weighted by atomic mass is 16.5. The first-order valence-corrected chi connectivity index (χ1v) is 5.82. The minimum absolute atomic E-state index is 0.0460. The molecule has 100 valence electrons. The lowest BCUT2D eigenvalue weighted by Gasteiger charge is -2.15. The summed E-state index contributed by atoms with van der Waals surface area (Å²) >= 11 is 0. The van der Waals surface area contributed by atoms with E-state index < -0.39 is 11.5 Å². The zero-order valence-electron chi connectivity index (χ0n) is 10.7. The van der Waals surface area contributed by atoms with Gasteiger partial charge in [0.05, 0.1) is 12.8 Å². The van der Waals surface area contributed by atoms with Gasteiger partial charge in [0, 0.05) is 11.6 Å². The number of amides is 1. The SMILES string of the molecule is C=CC(=O)OCC1(c2ccco2)CN1C(=O)C(=C)C. The molecule has 0 spiro atoms. The summed E-state index contributed by atoms with van der Waals surface area (Å²) in [5.74, 6) is -0.106. The van der Waals surface area contributed by atoms with Crippen LogP contribution in [0.5, 0.6) is 0 Å². The molecular formula is C14H15NO4. The molecule has 0 N–H and O–H groups in total. The van der Waals surface area contributed by atoms with E-state index in [9.17, 15) is 9.59 Å². The van der Waals surface area contributed by atoms with E-state index >= 15 is 0 Å². The van der Waals surface area contributed by atoms with Crippen molar-refractivity contribution in [2.75, 3.05) is 13.2 Å². The maximum Gasteiger partial charge on any atom is 0.330 e. The fraction of sp³-hybridized carbons (Fsp3) is 0.286. The standard InChI is InChI=1S/C14H15NO4/c1-4-12(16)19-9-14(11-6-5-7-18-11)8-15(14)13(17)10(2)3/h4-7H,1-2,8-9H2,3H3. The number of esters is 1. The third kappa shape index (κ3) is 2.31. The number of furan rings is 1. The average molecular weight is 261 g/mol. The first kappa shape index (κ1) is 13.1. The molecule has 1 atom stereocenters. The Kier molecular flexibility index (Phi) is 3.29. The third-order valence-electron chi connectivity index (χ3n) is 3.04. The van der Waals surface area contributed by atoms with Crippen LogP contribution in [0, 0.1) is 0 Å². The molecule has 1 aliphatic heterocycles. The van der Waals surface area contributed by atoms with Gasteiger partial charge in [0.1, 0.15) is 12.4 Å². The van der Waals surface area contributed by atoms with Crippen LogP contribution in [0.25, 0.3) is 0 Å². The van der Waals surface area contributed by atoms with Gasteiger partial charge < -0.3 is 14.1 Å². The molecule has 1 aromatic rings. The lowest BCUT2D eigenvalue weighted by atomic mass is 10.1. The summed E-state index contributed by atoms with van der Waals surface area (Å²) in [4.78, 5) is 24.7. The monoisotopic (exact) mass is 261 g/mol. The second-order valence-corrected chi connectivity index (χ2v) is 4.49. The summed E-state index contributed by atoms with van der Waals surface area (Å²) in [6, 6.07) is 3.49. The Morgan fingerprint density at radius 3 is 2.89 bits per heavy atom. The number of carbonyl (C=O) groups is 2. The number of hydrogen-bond acceptors (Lipinski definition) is 4. The Bertz CT molecular complexity index is 532. The van der Waals surface area contributed by atoms with Crippen molar-refractivity contribution in [3.05, 3.63) is 49.0 Å². The molecule has 1 aromatic heterocycles. The van der Waals surface area contributed by atoms with Crippen molar-refractivity contribution in [2.45, 2.75) is 12.5 Å². The fourth-order valence-corrected chi connectivity index (χ4v) is 1.92. The van der Waals surface area contributed by atoms with Crippen molar-refractivity contribution in [1.82, 2.24) is 4.90 Å². The van der Waals surface area contributed by atoms with Crippen LogP contribution in [0.15, 0.2) is 47.6 Å². The highest BCUT2D eigenvalue weighted by Gasteiger charge is 2.59. The molecule has 1 saturated heterocycles. The molecule has 1 unspecified atom stereocenters. The maximum atomic E-state index is 12.0. The molecule has 0 radical (unpaired) electrons. The van der Waals surface area contributed by atoms with Crippen LogP contribution < -0.4 is 0 Å². The summed E-state index contributed by atoms with van der Waals surface area (Å²) in [6.07, 6.45) is 2.61. The first-order valence-electron chi connectivity index (χ1n) is 5.82. The van der Waals surface area contributed by atoms with E-state index in [0.717, 1.165) is 6.08 Å². The topological polar surface area (TPSA) is 59.5 Å². The molecule has 0 saturated carbocycles. The molecule has 5 heteroatoms. The van der Waals surface area contributed by atoms with Gasteiger partial charge in [-0.2, -0.15) is 0 Å². The average Bonchev–Trinajstić information content (AvgIpc) is 2.86. The van der Waals surface area contributed by atoms with Crippen molar-refractivity contribution in [3.8, 4) is 0 Å². The number of hydrogen-bond donors (Lipinski definition) is 0. The second-order valence-electron chi connectivity index (χ2n) is 4.49. The van der Waals surface area contributed by atoms with Gasteiger partial charge >= 0.3 is 5.97 Å². The summed E-state index contributed by atoms with van der Waals surface area (Å²) in [7, 11) is 0. The predicted molar refractivity (Wildman–Crippen MR) is 68.1 cm³/mol. The predicted octanol–water partition coefficient (Wildman–Crippen LogP) is 1.62. The zero-order valence-corrected chi connectivity index (χ0v) is 10.7. The number of nitrogens with zero attached hydrogens (tertiary/aromatic N) is 1. The summed E-state index contributed by atoms with van der Waals surface area (Å²) in [5.41, 5.74) is -0.276. The maximum absolute atomic E-state index is 12.0. The van der Waals surface area contributed by atoms with Crippen molar-refractivity contribution < 1.29 is 18.7 Å². The number of ether oxygens (including phenoxy) is 1. The van der Waals surface area contributed by atoms with Gasteiger partial charge in [0.2, 0.25) is 5.91 Å². The Balaban J connectivity index is 2.18. The lowest BCUT2D eigenvalue weighted by Crippen LogP contribution is -2.27. The molecule has 0 aromatic carbocycles. The van der Waals surface area contributed by atoms with Crippen LogP contribution in [0.3, 0.4) is 0 Å². The lowest BCUT2D eigenvalue weighted by molar-refractivity contribution is -0.140. The third-order valence-corrected chi connectivity index (χ3v) is 3.04. The van der Waals surface area contributed by atoms with E-state index in [1.165, 1.54) is 6.26 Å². The molecule has 1 amide bonds. The number of carbonyl (C=O) groups excluding carboxylic acids is 2. The van der Waals surface area contributed by atoms with E-state index in [1.54, 1.807) is 24.0 Å². The molecule has 2 heterocycles. The van der Waals surface area contributed by atoms with E-state index in [-0.39, 0.29) is 12.5 Å². The Hall–Kier alpha value is -2.30. The van der Waals surface area contributed by atoms with E-state index in [2.05, 4.69) is 13.2 Å². The van der Waals surface area contributed by atoms with Gasteiger partial charge in [-0.15, -0.1) is 0 Å². The van der Waals surface area contributed by atoms with Gasteiger partial charge in [0.25, 0.3) is 0 Å². The minimum Gasteiger partial charge on any atom is -0.467 e. The Labute approximate surface area is 111 Å². The normalized spacial score (nSPS) is 20.8. The molecule has 0 aliphatic carbocycles. The second kappa shape index (κ2) is 4.76. The zero-order chi connectivity index (χ0) is 14.0. The molecule has 1 fully saturated rings. The highest BCUT2D eigenvalue weighted by molar-refractivity contribution is 5.95. The van der Waals surface area contributed by atoms with Crippen LogP contribution in [0.1, 0.15) is 12.7 Å². The minimum atomic E-state index is -0.710. The summed E-state index contributed by atoms with van der Waals surface area (Å²) in [6.45, 7) is 9.09. The van der Waals surface area contributed by atoms with Crippen molar-refractivity contribution in [2.24, 2.45) is 0 Å². The summed E-state index contributed by atoms with van der Waals surface area (Å²) < 4.78 is 10.4. The first-order chi connectivity index (χ1) is 9.01. The van der Waals surface area contributed by atoms with Gasteiger partial charge in [-0.05, 0) is 19.1 Å². The summed E-state index contributed by atoms with van der Waals surface area (Å²) in [5, 5.41) is 0. The molecule has 19 heavy (non-hydrogen) atoms. The molecule has 2 rings (SSSR count). The van der Waals surface area contributed by atoms with Crippen LogP contribution in [-0.2, 0) is 19.9 Å². The van der Waals surface area contributed by atoms with Crippen molar-refractivity contribution >= 4 is 11.9 Å². The van der Waals surface area contributed by atoms with E-state index in [4.69, 9.17) is 9.15 Å². The van der Waals surface area contributed by atoms with Crippen LogP contribution >= 0.6 is 0 Å². The van der Waals surface area contributed by atoms with E-state index in [0.29, 0.717) is 17.9 Å². The van der Waals surface area contributed by atoms with Crippen LogP contribution in [-0.4, -0.2) is 29.9 Å². The van der Waals surface area contributed by atoms with Crippen molar-refractivity contribution in [1.29, 1.82) is 0 Å². The number of rotatable bonds is 5. The fourth-order valence-electron chi connectivity index (χ4n) is 1.92. The van der Waals surface area contributed by atoms with Gasteiger partial charge in [-0.1, -0.05) is 13.2 Å². The Morgan fingerprint density at radius 1 is 1.63 bits per heavy atom. The van der Waals surface area contributed by atoms with Gasteiger partial charge in [-0.25, -0.2) is 4.79 Å². The van der Waals surface area contributed by atoms with Gasteiger partial charge in [-0.3, -0.25) is 4.79 Å². The quantitative estimate of drug-likeness (QED) is 0.459. The molecule has 5 nitrogen and oxygen atoms in total. The van der Waals surface area contributed by atoms with Gasteiger partial charge in [0.15, 0.2) is 5.54 Å². The molecule has 0 bridgehead atoms. The largest absolute Gasteiger partial charge is 0.467 e. The Morgan fingerprint density at radius 2 is 2.37 bits per heavy atom. The van der Waals surface area contributed by atoms with E-state index in [1.807, 2.05) is 0 Å². The highest BCUT2D eigenvalue weighted by Crippen LogP contribution is 2.44. The van der Waals surface area contributed by atoms with Crippen LogP contribution in [0.4, 0.5) is 0 Å². The smallest absolute Gasteiger partial charge is 0.330 e. The molecule has 1 aliphatic rings. The van der Waals surface area contributed by atoms with Crippen molar-refractivity contribution in [3.63, 3.8) is 0 Å². The van der Waals surface area contributed by atoms with Crippen LogP contribution in [0.2, 0.25) is 0 Å². The molecular weight excluding hydrogens is 246 g/mol.